The zero-order valence-corrected chi connectivity index (χ0v) is 16.3. The van der Waals surface area contributed by atoms with Gasteiger partial charge in [-0.15, -0.1) is 0 Å². The summed E-state index contributed by atoms with van der Waals surface area (Å²) in [5, 5.41) is 7.38. The minimum absolute atomic E-state index is 0.293. The molecule has 0 N–H and O–H groups in total. The maximum absolute atomic E-state index is 12.9. The molecule has 0 aliphatic rings. The Kier molecular flexibility index (Phi) is 5.38. The summed E-state index contributed by atoms with van der Waals surface area (Å²) in [6.45, 7) is 2.25. The van der Waals surface area contributed by atoms with E-state index in [1.54, 1.807) is 0 Å². The van der Waals surface area contributed by atoms with Gasteiger partial charge in [-0.05, 0) is 38.7 Å². The number of hydrogen-bond acceptors (Lipinski definition) is 1. The monoisotopic (exact) mass is 356 g/mol. The molecule has 4 rings (SSSR count). The van der Waals surface area contributed by atoms with Gasteiger partial charge in [-0.2, -0.15) is 0 Å². The highest BCUT2D eigenvalue weighted by Crippen LogP contribution is 2.36. The van der Waals surface area contributed by atoms with Gasteiger partial charge in [0.1, 0.15) is 0 Å². The van der Waals surface area contributed by atoms with E-state index in [2.05, 4.69) is 55.5 Å². The molecule has 0 aliphatic heterocycles. The second-order valence-electron chi connectivity index (χ2n) is 7.76. The Bertz CT molecular complexity index is 1040. The van der Waals surface area contributed by atoms with Gasteiger partial charge < -0.3 is 0 Å². The summed E-state index contributed by atoms with van der Waals surface area (Å²) in [7, 11) is 0. The van der Waals surface area contributed by atoms with E-state index in [-0.39, 0.29) is 0 Å². The lowest BCUT2D eigenvalue weighted by atomic mass is 9.90. The molecule has 0 bridgehead atoms. The predicted octanol–water partition coefficient (Wildman–Crippen LogP) is 7.91. The van der Waals surface area contributed by atoms with Crippen LogP contribution in [-0.2, 0) is 0 Å². The fourth-order valence-electron chi connectivity index (χ4n) is 4.36. The fourth-order valence-corrected chi connectivity index (χ4v) is 4.36. The average molecular weight is 357 g/mol. The first kappa shape index (κ1) is 18.0. The van der Waals surface area contributed by atoms with E-state index in [4.69, 9.17) is 0 Å². The van der Waals surface area contributed by atoms with Crippen LogP contribution < -0.4 is 0 Å². The van der Waals surface area contributed by atoms with E-state index in [9.17, 15) is 4.79 Å². The van der Waals surface area contributed by atoms with Gasteiger partial charge in [-0.25, -0.2) is 0 Å². The van der Waals surface area contributed by atoms with E-state index < -0.39 is 0 Å². The fraction of sp³-hybridized carbons (Fsp3) is 0.346. The van der Waals surface area contributed by atoms with E-state index >= 15 is 0 Å². The second-order valence-corrected chi connectivity index (χ2v) is 7.76. The molecular formula is C26H28O. The van der Waals surface area contributed by atoms with Crippen LogP contribution >= 0.6 is 0 Å². The third-order valence-corrected chi connectivity index (χ3v) is 5.84. The highest BCUT2D eigenvalue weighted by molar-refractivity contribution is 6.26. The van der Waals surface area contributed by atoms with Crippen molar-refractivity contribution < 1.29 is 4.79 Å². The van der Waals surface area contributed by atoms with E-state index in [0.717, 1.165) is 17.4 Å². The molecule has 0 saturated carbocycles. The molecule has 0 heterocycles. The SMILES string of the molecule is CCCCCCCCCC(=O)c1ccc2ccc3cccc4ccc1c2c34. The van der Waals surface area contributed by atoms with Gasteiger partial charge in [0.2, 0.25) is 0 Å². The number of unbranched alkanes of at least 4 members (excludes halogenated alkanes) is 6. The van der Waals surface area contributed by atoms with Crippen LogP contribution in [0.5, 0.6) is 0 Å². The Hall–Kier alpha value is -2.41. The Labute approximate surface area is 161 Å². The summed E-state index contributed by atoms with van der Waals surface area (Å²) in [6.07, 6.45) is 9.35. The van der Waals surface area contributed by atoms with Crippen LogP contribution in [0.4, 0.5) is 0 Å². The molecule has 0 unspecified atom stereocenters. The van der Waals surface area contributed by atoms with Gasteiger partial charge >= 0.3 is 0 Å². The Morgan fingerprint density at radius 1 is 0.667 bits per heavy atom. The van der Waals surface area contributed by atoms with Crippen LogP contribution in [0.25, 0.3) is 32.3 Å². The van der Waals surface area contributed by atoms with Gasteiger partial charge in [0, 0.05) is 12.0 Å². The standard InChI is InChI=1S/C26H28O/c1-2-3-4-5-6-7-8-12-24(27)22-17-15-21-14-13-19-10-9-11-20-16-18-23(22)26(21)25(19)20/h9-11,13-18H,2-8,12H2,1H3. The first-order valence-electron chi connectivity index (χ1n) is 10.5. The molecule has 0 aromatic heterocycles. The van der Waals surface area contributed by atoms with Gasteiger partial charge in [-0.3, -0.25) is 4.79 Å². The molecule has 0 aliphatic carbocycles. The molecule has 0 fully saturated rings. The first-order chi connectivity index (χ1) is 13.3. The van der Waals surface area contributed by atoms with Crippen molar-refractivity contribution in [3.8, 4) is 0 Å². The molecule has 0 saturated heterocycles. The number of ketones is 1. The largest absolute Gasteiger partial charge is 0.294 e. The molecule has 27 heavy (non-hydrogen) atoms. The van der Waals surface area contributed by atoms with Crippen molar-refractivity contribution in [2.24, 2.45) is 0 Å². The van der Waals surface area contributed by atoms with E-state index in [1.807, 2.05) is 6.07 Å². The van der Waals surface area contributed by atoms with Crippen molar-refractivity contribution in [3.63, 3.8) is 0 Å². The summed E-state index contributed by atoms with van der Waals surface area (Å²) < 4.78 is 0. The molecule has 0 radical (unpaired) electrons. The maximum atomic E-state index is 12.9. The molecule has 0 amide bonds. The number of rotatable bonds is 9. The number of carbonyl (C=O) groups excluding carboxylic acids is 1. The van der Waals surface area contributed by atoms with Crippen molar-refractivity contribution in [1.29, 1.82) is 0 Å². The lowest BCUT2D eigenvalue weighted by Gasteiger charge is -2.13. The molecule has 1 nitrogen and oxygen atoms in total. The minimum atomic E-state index is 0.293. The third-order valence-electron chi connectivity index (χ3n) is 5.84. The van der Waals surface area contributed by atoms with E-state index in [1.165, 1.54) is 65.5 Å². The lowest BCUT2D eigenvalue weighted by Crippen LogP contribution is -2.01. The summed E-state index contributed by atoms with van der Waals surface area (Å²) in [4.78, 5) is 12.9. The van der Waals surface area contributed by atoms with Crippen LogP contribution in [0.15, 0.2) is 54.6 Å². The Balaban J connectivity index is 1.56. The normalized spacial score (nSPS) is 11.7. The van der Waals surface area contributed by atoms with Gasteiger partial charge in [-0.1, -0.05) is 100 Å². The number of Topliss-reactive ketones (excluding diaryl/α,β-unsaturated/α-hetero) is 1. The predicted molar refractivity (Wildman–Crippen MR) is 117 cm³/mol. The first-order valence-corrected chi connectivity index (χ1v) is 10.5. The Morgan fingerprint density at radius 3 is 2.00 bits per heavy atom. The number of hydrogen-bond donors (Lipinski definition) is 0. The van der Waals surface area contributed by atoms with Crippen molar-refractivity contribution in [3.05, 3.63) is 60.2 Å². The molecule has 0 spiro atoms. The topological polar surface area (TPSA) is 17.1 Å². The van der Waals surface area contributed by atoms with Crippen molar-refractivity contribution in [2.75, 3.05) is 0 Å². The summed E-state index contributed by atoms with van der Waals surface area (Å²) in [6, 6.07) is 19.2. The maximum Gasteiger partial charge on any atom is 0.163 e. The third kappa shape index (κ3) is 3.56. The molecule has 4 aromatic rings. The van der Waals surface area contributed by atoms with Gasteiger partial charge in [0.05, 0.1) is 0 Å². The molecular weight excluding hydrogens is 328 g/mol. The van der Waals surface area contributed by atoms with Crippen LogP contribution in [0.2, 0.25) is 0 Å². The summed E-state index contributed by atoms with van der Waals surface area (Å²) in [5.74, 6) is 0.293. The minimum Gasteiger partial charge on any atom is -0.294 e. The van der Waals surface area contributed by atoms with E-state index in [0.29, 0.717) is 12.2 Å². The van der Waals surface area contributed by atoms with Gasteiger partial charge in [0.15, 0.2) is 5.78 Å². The van der Waals surface area contributed by atoms with Crippen LogP contribution in [0.3, 0.4) is 0 Å². The second kappa shape index (κ2) is 8.08. The van der Waals surface area contributed by atoms with Crippen molar-refractivity contribution in [1.82, 2.24) is 0 Å². The number of benzene rings is 4. The highest BCUT2D eigenvalue weighted by atomic mass is 16.1. The molecule has 1 heteroatoms. The van der Waals surface area contributed by atoms with Gasteiger partial charge in [0.25, 0.3) is 0 Å². The molecule has 0 atom stereocenters. The van der Waals surface area contributed by atoms with Crippen LogP contribution in [-0.4, -0.2) is 5.78 Å². The van der Waals surface area contributed by atoms with Crippen LogP contribution in [0, 0.1) is 0 Å². The number of carbonyl (C=O) groups is 1. The summed E-state index contributed by atoms with van der Waals surface area (Å²) >= 11 is 0. The highest BCUT2D eigenvalue weighted by Gasteiger charge is 2.14. The quantitative estimate of drug-likeness (QED) is 0.169. The van der Waals surface area contributed by atoms with Crippen molar-refractivity contribution >= 4 is 38.1 Å². The zero-order chi connectivity index (χ0) is 18.6. The molecule has 138 valence electrons. The lowest BCUT2D eigenvalue weighted by molar-refractivity contribution is 0.0980. The zero-order valence-electron chi connectivity index (χ0n) is 16.3. The Morgan fingerprint density at radius 2 is 1.26 bits per heavy atom. The smallest absolute Gasteiger partial charge is 0.163 e. The van der Waals surface area contributed by atoms with Crippen molar-refractivity contribution in [2.45, 2.75) is 58.3 Å². The molecule has 4 aromatic carbocycles. The average Bonchev–Trinajstić information content (AvgIpc) is 2.71. The van der Waals surface area contributed by atoms with Crippen LogP contribution in [0.1, 0.15) is 68.6 Å². The summed E-state index contributed by atoms with van der Waals surface area (Å²) in [5.41, 5.74) is 0.895.